The third-order valence-corrected chi connectivity index (χ3v) is 2.74. The van der Waals surface area contributed by atoms with Gasteiger partial charge in [0.15, 0.2) is 0 Å². The molecule has 1 aromatic heterocycles. The fourth-order valence-corrected chi connectivity index (χ4v) is 1.88. The number of aromatic nitrogens is 2. The fourth-order valence-electron chi connectivity index (χ4n) is 1.88. The summed E-state index contributed by atoms with van der Waals surface area (Å²) in [6.07, 6.45) is 4.25. The van der Waals surface area contributed by atoms with Crippen LogP contribution in [0.1, 0.15) is 24.4 Å². The summed E-state index contributed by atoms with van der Waals surface area (Å²) in [6.45, 7) is 5.03. The first-order valence-electron chi connectivity index (χ1n) is 5.57. The average molecular weight is 206 g/mol. The maximum Gasteiger partial charge on any atom is 0.125 e. The Hall–Kier alpha value is -1.00. The monoisotopic (exact) mass is 206 g/mol. The molecule has 4 heteroatoms. The lowest BCUT2D eigenvalue weighted by Crippen LogP contribution is -2.39. The molecule has 1 aliphatic heterocycles. The van der Waals surface area contributed by atoms with Crippen molar-refractivity contribution in [2.45, 2.75) is 32.4 Å². The predicted molar refractivity (Wildman–Crippen MR) is 59.5 cm³/mol. The third-order valence-electron chi connectivity index (χ3n) is 2.74. The van der Waals surface area contributed by atoms with Gasteiger partial charge in [0, 0.05) is 18.8 Å². The number of nitrogens with zero attached hydrogens (tertiary/aromatic N) is 2. The zero-order valence-corrected chi connectivity index (χ0v) is 9.16. The highest BCUT2D eigenvalue weighted by Gasteiger charge is 2.11. The summed E-state index contributed by atoms with van der Waals surface area (Å²) >= 11 is 0. The number of piperidine rings is 1. The van der Waals surface area contributed by atoms with Crippen molar-refractivity contribution in [2.75, 3.05) is 13.1 Å². The fraction of sp³-hybridized carbons (Fsp3) is 0.636. The van der Waals surface area contributed by atoms with Crippen molar-refractivity contribution >= 4 is 0 Å². The Bertz CT molecular complexity index is 307. The second-order valence-corrected chi connectivity index (χ2v) is 4.00. The van der Waals surface area contributed by atoms with Crippen LogP contribution in [0.15, 0.2) is 12.3 Å². The summed E-state index contributed by atoms with van der Waals surface area (Å²) in [7, 11) is 0. The van der Waals surface area contributed by atoms with E-state index in [1.54, 1.807) is 0 Å². The molecule has 0 saturated carbocycles. The first-order chi connectivity index (χ1) is 7.34. The first-order valence-corrected chi connectivity index (χ1v) is 5.57. The number of hydrogen-bond donors (Lipinski definition) is 2. The third kappa shape index (κ3) is 3.25. The van der Waals surface area contributed by atoms with Crippen LogP contribution in [0.25, 0.3) is 0 Å². The average Bonchev–Trinajstić information content (AvgIpc) is 2.28. The van der Waals surface area contributed by atoms with E-state index >= 15 is 0 Å². The predicted octanol–water partition coefficient (Wildman–Crippen LogP) is 0.627. The van der Waals surface area contributed by atoms with Crippen LogP contribution < -0.4 is 10.6 Å². The van der Waals surface area contributed by atoms with E-state index in [1.807, 2.05) is 19.2 Å². The molecular formula is C11H18N4. The molecule has 0 aromatic carbocycles. The summed E-state index contributed by atoms with van der Waals surface area (Å²) in [5, 5.41) is 6.89. The summed E-state index contributed by atoms with van der Waals surface area (Å²) in [4.78, 5) is 8.45. The van der Waals surface area contributed by atoms with E-state index in [0.717, 1.165) is 31.2 Å². The second kappa shape index (κ2) is 5.19. The lowest BCUT2D eigenvalue weighted by Gasteiger charge is -2.23. The van der Waals surface area contributed by atoms with Crippen LogP contribution in [0.4, 0.5) is 0 Å². The topological polar surface area (TPSA) is 49.8 Å². The summed E-state index contributed by atoms with van der Waals surface area (Å²) in [5.41, 5.74) is 1.08. The summed E-state index contributed by atoms with van der Waals surface area (Å²) in [5.74, 6) is 0.847. The molecule has 0 aliphatic carbocycles. The zero-order valence-electron chi connectivity index (χ0n) is 9.16. The van der Waals surface area contributed by atoms with Gasteiger partial charge >= 0.3 is 0 Å². The molecule has 0 bridgehead atoms. The molecule has 1 fully saturated rings. The van der Waals surface area contributed by atoms with Crippen molar-refractivity contribution in [3.63, 3.8) is 0 Å². The van der Waals surface area contributed by atoms with Crippen molar-refractivity contribution in [3.8, 4) is 0 Å². The molecule has 15 heavy (non-hydrogen) atoms. The quantitative estimate of drug-likeness (QED) is 0.761. The Morgan fingerprint density at radius 1 is 1.47 bits per heavy atom. The van der Waals surface area contributed by atoms with E-state index in [4.69, 9.17) is 0 Å². The van der Waals surface area contributed by atoms with Crippen LogP contribution >= 0.6 is 0 Å². The van der Waals surface area contributed by atoms with Gasteiger partial charge in [0.2, 0.25) is 0 Å². The van der Waals surface area contributed by atoms with Gasteiger partial charge in [0.1, 0.15) is 5.82 Å². The molecule has 1 saturated heterocycles. The van der Waals surface area contributed by atoms with E-state index in [9.17, 15) is 0 Å². The highest BCUT2D eigenvalue weighted by molar-refractivity contribution is 5.01. The Morgan fingerprint density at radius 3 is 3.00 bits per heavy atom. The molecule has 1 aliphatic rings. The lowest BCUT2D eigenvalue weighted by atomic mass is 10.1. The Balaban J connectivity index is 1.81. The second-order valence-electron chi connectivity index (χ2n) is 4.00. The molecule has 2 rings (SSSR count). The van der Waals surface area contributed by atoms with Gasteiger partial charge in [0.25, 0.3) is 0 Å². The minimum Gasteiger partial charge on any atom is -0.317 e. The molecule has 0 amide bonds. The molecule has 0 atom stereocenters. The number of nitrogens with one attached hydrogen (secondary N) is 2. The van der Waals surface area contributed by atoms with Gasteiger partial charge in [0.05, 0.1) is 5.69 Å². The minimum atomic E-state index is 0.640. The molecule has 0 radical (unpaired) electrons. The summed E-state index contributed by atoms with van der Waals surface area (Å²) < 4.78 is 0. The van der Waals surface area contributed by atoms with Crippen LogP contribution in [0.2, 0.25) is 0 Å². The Labute approximate surface area is 90.5 Å². The van der Waals surface area contributed by atoms with Gasteiger partial charge in [-0.1, -0.05) is 0 Å². The number of hydrogen-bond acceptors (Lipinski definition) is 4. The van der Waals surface area contributed by atoms with E-state index < -0.39 is 0 Å². The molecule has 2 N–H and O–H groups in total. The number of rotatable bonds is 3. The first kappa shape index (κ1) is 10.5. The van der Waals surface area contributed by atoms with Crippen LogP contribution in [0, 0.1) is 6.92 Å². The normalized spacial score (nSPS) is 17.9. The van der Waals surface area contributed by atoms with Crippen molar-refractivity contribution in [2.24, 2.45) is 0 Å². The van der Waals surface area contributed by atoms with Gasteiger partial charge in [-0.15, -0.1) is 0 Å². The van der Waals surface area contributed by atoms with E-state index in [2.05, 4.69) is 20.6 Å². The molecule has 0 unspecified atom stereocenters. The van der Waals surface area contributed by atoms with Gasteiger partial charge in [-0.3, -0.25) is 0 Å². The smallest absolute Gasteiger partial charge is 0.125 e. The molecular weight excluding hydrogens is 188 g/mol. The number of aryl methyl sites for hydroxylation is 1. The molecule has 1 aromatic rings. The molecule has 82 valence electrons. The summed E-state index contributed by atoms with van der Waals surface area (Å²) in [6, 6.07) is 2.61. The van der Waals surface area contributed by atoms with Crippen LogP contribution in [-0.2, 0) is 6.54 Å². The van der Waals surface area contributed by atoms with Crippen molar-refractivity contribution in [3.05, 3.63) is 23.8 Å². The Kier molecular flexibility index (Phi) is 3.64. The van der Waals surface area contributed by atoms with Gasteiger partial charge in [-0.05, 0) is 38.9 Å². The van der Waals surface area contributed by atoms with Crippen molar-refractivity contribution in [1.82, 2.24) is 20.6 Å². The maximum atomic E-state index is 4.37. The maximum absolute atomic E-state index is 4.37. The highest BCUT2D eigenvalue weighted by Crippen LogP contribution is 2.03. The van der Waals surface area contributed by atoms with Gasteiger partial charge < -0.3 is 10.6 Å². The lowest BCUT2D eigenvalue weighted by molar-refractivity contribution is 0.384. The van der Waals surface area contributed by atoms with Crippen molar-refractivity contribution in [1.29, 1.82) is 0 Å². The van der Waals surface area contributed by atoms with Crippen LogP contribution in [0.3, 0.4) is 0 Å². The van der Waals surface area contributed by atoms with Crippen LogP contribution in [0.5, 0.6) is 0 Å². The van der Waals surface area contributed by atoms with Crippen LogP contribution in [-0.4, -0.2) is 29.1 Å². The molecule has 0 spiro atoms. The highest BCUT2D eigenvalue weighted by atomic mass is 15.0. The minimum absolute atomic E-state index is 0.640. The zero-order chi connectivity index (χ0) is 10.5. The van der Waals surface area contributed by atoms with E-state index in [1.165, 1.54) is 12.8 Å². The molecule has 2 heterocycles. The van der Waals surface area contributed by atoms with E-state index in [-0.39, 0.29) is 0 Å². The standard InChI is InChI=1S/C11H18N4/c1-9-13-7-4-11(15-9)8-14-10-2-5-12-6-3-10/h4,7,10,12,14H,2-3,5-6,8H2,1H3. The molecule has 4 nitrogen and oxygen atoms in total. The Morgan fingerprint density at radius 2 is 2.27 bits per heavy atom. The van der Waals surface area contributed by atoms with Crippen molar-refractivity contribution < 1.29 is 0 Å². The van der Waals surface area contributed by atoms with Gasteiger partial charge in [-0.25, -0.2) is 9.97 Å². The van der Waals surface area contributed by atoms with Gasteiger partial charge in [-0.2, -0.15) is 0 Å². The van der Waals surface area contributed by atoms with E-state index in [0.29, 0.717) is 6.04 Å². The largest absolute Gasteiger partial charge is 0.317 e. The SMILES string of the molecule is Cc1nccc(CNC2CCNCC2)n1.